The van der Waals surface area contributed by atoms with Crippen LogP contribution < -0.4 is 16.6 Å². The lowest BCUT2D eigenvalue weighted by molar-refractivity contribution is 0.0938. The predicted molar refractivity (Wildman–Crippen MR) is 69.3 cm³/mol. The number of hydrogen-bond acceptors (Lipinski definition) is 3. The largest absolute Gasteiger partial charge is 0.350 e. The van der Waals surface area contributed by atoms with E-state index in [1.54, 1.807) is 12.1 Å². The van der Waals surface area contributed by atoms with E-state index in [2.05, 4.69) is 10.3 Å². The summed E-state index contributed by atoms with van der Waals surface area (Å²) in [6.45, 7) is 0.655. The Labute approximate surface area is 106 Å². The van der Waals surface area contributed by atoms with Crippen molar-refractivity contribution in [1.82, 2.24) is 10.3 Å². The number of rotatable bonds is 3. The number of carbonyl (C=O) groups excluding carboxylic acids is 1. The van der Waals surface area contributed by atoms with Gasteiger partial charge in [-0.2, -0.15) is 0 Å². The molecule has 2 rings (SSSR count). The molecular formula is C13H19N3O2. The third-order valence-electron chi connectivity index (χ3n) is 3.46. The van der Waals surface area contributed by atoms with Crippen LogP contribution in [0.5, 0.6) is 0 Å². The van der Waals surface area contributed by atoms with Crippen molar-refractivity contribution in [1.29, 1.82) is 0 Å². The Morgan fingerprint density at radius 3 is 2.72 bits per heavy atom. The highest BCUT2D eigenvalue weighted by molar-refractivity contribution is 5.92. The SMILES string of the molecule is NC1CCC(CNC(=O)c2cccc(=O)[nH]2)CC1. The zero-order chi connectivity index (χ0) is 13.0. The molecule has 0 bridgehead atoms. The molecular weight excluding hydrogens is 230 g/mol. The van der Waals surface area contributed by atoms with Gasteiger partial charge in [0.25, 0.3) is 5.91 Å². The topological polar surface area (TPSA) is 88.0 Å². The molecule has 1 aliphatic carbocycles. The minimum absolute atomic E-state index is 0.220. The minimum Gasteiger partial charge on any atom is -0.350 e. The van der Waals surface area contributed by atoms with Crippen LogP contribution in [-0.4, -0.2) is 23.5 Å². The summed E-state index contributed by atoms with van der Waals surface area (Å²) in [6, 6.07) is 4.89. The van der Waals surface area contributed by atoms with Gasteiger partial charge in [0.2, 0.25) is 5.56 Å². The van der Waals surface area contributed by atoms with E-state index >= 15 is 0 Å². The molecule has 0 aliphatic heterocycles. The number of H-pyrrole nitrogens is 1. The maximum absolute atomic E-state index is 11.8. The van der Waals surface area contributed by atoms with Crippen LogP contribution in [0.3, 0.4) is 0 Å². The van der Waals surface area contributed by atoms with Crippen LogP contribution in [-0.2, 0) is 0 Å². The quantitative estimate of drug-likeness (QED) is 0.734. The number of aromatic nitrogens is 1. The summed E-state index contributed by atoms with van der Waals surface area (Å²) in [6.07, 6.45) is 4.19. The molecule has 98 valence electrons. The molecule has 0 radical (unpaired) electrons. The van der Waals surface area contributed by atoms with Gasteiger partial charge in [-0.1, -0.05) is 6.07 Å². The molecule has 18 heavy (non-hydrogen) atoms. The first-order valence-corrected chi connectivity index (χ1v) is 6.38. The Hall–Kier alpha value is -1.62. The first-order chi connectivity index (χ1) is 8.65. The zero-order valence-electron chi connectivity index (χ0n) is 10.3. The van der Waals surface area contributed by atoms with Crippen molar-refractivity contribution < 1.29 is 4.79 Å². The second-order valence-corrected chi connectivity index (χ2v) is 4.92. The summed E-state index contributed by atoms with van der Waals surface area (Å²) in [4.78, 5) is 25.4. The van der Waals surface area contributed by atoms with Crippen molar-refractivity contribution in [2.24, 2.45) is 11.7 Å². The van der Waals surface area contributed by atoms with E-state index in [4.69, 9.17) is 5.73 Å². The monoisotopic (exact) mass is 249 g/mol. The van der Waals surface area contributed by atoms with E-state index in [1.165, 1.54) is 6.07 Å². The fraction of sp³-hybridized carbons (Fsp3) is 0.538. The van der Waals surface area contributed by atoms with Gasteiger partial charge < -0.3 is 16.0 Å². The summed E-state index contributed by atoms with van der Waals surface area (Å²) in [5, 5.41) is 2.86. The Kier molecular flexibility index (Phi) is 4.15. The average Bonchev–Trinajstić information content (AvgIpc) is 2.38. The van der Waals surface area contributed by atoms with Crippen LogP contribution in [0.15, 0.2) is 23.0 Å². The fourth-order valence-electron chi connectivity index (χ4n) is 2.30. The molecule has 1 amide bonds. The van der Waals surface area contributed by atoms with Crippen LogP contribution in [0.25, 0.3) is 0 Å². The zero-order valence-corrected chi connectivity index (χ0v) is 10.3. The maximum atomic E-state index is 11.8. The van der Waals surface area contributed by atoms with Gasteiger partial charge >= 0.3 is 0 Å². The van der Waals surface area contributed by atoms with Crippen LogP contribution in [0.2, 0.25) is 0 Å². The molecule has 1 aromatic heterocycles. The molecule has 1 saturated carbocycles. The summed E-state index contributed by atoms with van der Waals surface area (Å²) in [7, 11) is 0. The first kappa shape index (κ1) is 12.8. The maximum Gasteiger partial charge on any atom is 0.267 e. The fourth-order valence-corrected chi connectivity index (χ4v) is 2.30. The van der Waals surface area contributed by atoms with Crippen molar-refractivity contribution >= 4 is 5.91 Å². The molecule has 5 heteroatoms. The van der Waals surface area contributed by atoms with Crippen molar-refractivity contribution in [3.8, 4) is 0 Å². The van der Waals surface area contributed by atoms with Gasteiger partial charge in [-0.05, 0) is 37.7 Å². The normalized spacial score (nSPS) is 23.6. The van der Waals surface area contributed by atoms with Gasteiger partial charge in [0, 0.05) is 18.7 Å². The lowest BCUT2D eigenvalue weighted by Gasteiger charge is -2.26. The van der Waals surface area contributed by atoms with Crippen LogP contribution in [0, 0.1) is 5.92 Å². The summed E-state index contributed by atoms with van der Waals surface area (Å²) >= 11 is 0. The Morgan fingerprint density at radius 2 is 2.06 bits per heavy atom. The molecule has 0 atom stereocenters. The number of amides is 1. The van der Waals surface area contributed by atoms with Crippen LogP contribution in [0.4, 0.5) is 0 Å². The number of hydrogen-bond donors (Lipinski definition) is 3. The van der Waals surface area contributed by atoms with Gasteiger partial charge in [0.1, 0.15) is 5.69 Å². The molecule has 0 saturated heterocycles. The number of pyridine rings is 1. The first-order valence-electron chi connectivity index (χ1n) is 6.38. The molecule has 0 aromatic carbocycles. The second-order valence-electron chi connectivity index (χ2n) is 4.92. The molecule has 1 aliphatic rings. The second kappa shape index (κ2) is 5.82. The highest BCUT2D eigenvalue weighted by Gasteiger charge is 2.19. The molecule has 0 unspecified atom stereocenters. The van der Waals surface area contributed by atoms with E-state index in [9.17, 15) is 9.59 Å². The van der Waals surface area contributed by atoms with Gasteiger partial charge in [-0.25, -0.2) is 0 Å². The van der Waals surface area contributed by atoms with Gasteiger partial charge in [-0.3, -0.25) is 9.59 Å². The minimum atomic E-state index is -0.258. The third-order valence-corrected chi connectivity index (χ3v) is 3.46. The van der Waals surface area contributed by atoms with Gasteiger partial charge in [0.15, 0.2) is 0 Å². The molecule has 4 N–H and O–H groups in total. The van der Waals surface area contributed by atoms with E-state index in [0.717, 1.165) is 25.7 Å². The number of nitrogens with one attached hydrogen (secondary N) is 2. The highest BCUT2D eigenvalue weighted by Crippen LogP contribution is 2.22. The van der Waals surface area contributed by atoms with Crippen LogP contribution in [0.1, 0.15) is 36.2 Å². The van der Waals surface area contributed by atoms with Crippen molar-refractivity contribution in [2.75, 3.05) is 6.54 Å². The lowest BCUT2D eigenvalue weighted by atomic mass is 9.86. The Morgan fingerprint density at radius 1 is 1.33 bits per heavy atom. The van der Waals surface area contributed by atoms with Crippen LogP contribution >= 0.6 is 0 Å². The molecule has 1 heterocycles. The van der Waals surface area contributed by atoms with E-state index in [1.807, 2.05) is 0 Å². The molecule has 1 fully saturated rings. The third kappa shape index (κ3) is 3.43. The summed E-state index contributed by atoms with van der Waals surface area (Å²) in [5.41, 5.74) is 5.89. The Bertz CT molecular complexity index is 461. The molecule has 5 nitrogen and oxygen atoms in total. The van der Waals surface area contributed by atoms with Gasteiger partial charge in [-0.15, -0.1) is 0 Å². The number of nitrogens with two attached hydrogens (primary N) is 1. The predicted octanol–water partition coefficient (Wildman–Crippen LogP) is 0.622. The number of aromatic amines is 1. The van der Waals surface area contributed by atoms with E-state index < -0.39 is 0 Å². The summed E-state index contributed by atoms with van der Waals surface area (Å²) in [5.74, 6) is 0.284. The van der Waals surface area contributed by atoms with E-state index in [-0.39, 0.29) is 11.5 Å². The smallest absolute Gasteiger partial charge is 0.267 e. The van der Waals surface area contributed by atoms with Crippen molar-refractivity contribution in [3.63, 3.8) is 0 Å². The van der Waals surface area contributed by atoms with Gasteiger partial charge in [0.05, 0.1) is 0 Å². The average molecular weight is 249 g/mol. The lowest BCUT2D eigenvalue weighted by Crippen LogP contribution is -2.34. The highest BCUT2D eigenvalue weighted by atomic mass is 16.2. The standard InChI is InChI=1S/C13H19N3O2/c14-10-6-4-9(5-7-10)8-15-13(18)11-2-1-3-12(17)16-11/h1-3,9-10H,4-8,14H2,(H,15,18)(H,16,17). The molecule has 1 aromatic rings. The summed E-state index contributed by atoms with van der Waals surface area (Å²) < 4.78 is 0. The van der Waals surface area contributed by atoms with Crippen molar-refractivity contribution in [2.45, 2.75) is 31.7 Å². The molecule has 0 spiro atoms. The number of carbonyl (C=O) groups is 1. The van der Waals surface area contributed by atoms with E-state index in [0.29, 0.717) is 24.2 Å². The Balaban J connectivity index is 1.83. The van der Waals surface area contributed by atoms with Crippen molar-refractivity contribution in [3.05, 3.63) is 34.2 Å².